The summed E-state index contributed by atoms with van der Waals surface area (Å²) in [6.45, 7) is -0.351. The van der Waals surface area contributed by atoms with Gasteiger partial charge in [-0.05, 0) is 25.3 Å². The van der Waals surface area contributed by atoms with Crippen LogP contribution in [0.15, 0.2) is 12.3 Å². The van der Waals surface area contributed by atoms with E-state index in [9.17, 15) is 4.39 Å². The Balaban J connectivity index is 2.04. The maximum Gasteiger partial charge on any atom is 0.251 e. The van der Waals surface area contributed by atoms with Gasteiger partial charge in [-0.15, -0.1) is 0 Å². The highest BCUT2D eigenvalue weighted by Gasteiger charge is 2.24. The van der Waals surface area contributed by atoms with E-state index in [0.29, 0.717) is 0 Å². The Hall–Kier alpha value is -1.20. The summed E-state index contributed by atoms with van der Waals surface area (Å²) in [4.78, 5) is 3.88. The third kappa shape index (κ3) is 2.97. The van der Waals surface area contributed by atoms with Crippen LogP contribution in [0, 0.1) is 5.82 Å². The van der Waals surface area contributed by atoms with E-state index in [-0.39, 0.29) is 30.3 Å². The molecule has 0 bridgehead atoms. The first-order valence-corrected chi connectivity index (χ1v) is 6.18. The molecule has 0 spiro atoms. The van der Waals surface area contributed by atoms with Gasteiger partial charge in [0.15, 0.2) is 5.82 Å². The second-order valence-corrected chi connectivity index (χ2v) is 4.51. The number of halogens is 1. The highest BCUT2D eigenvalue weighted by molar-refractivity contribution is 5.23. The minimum atomic E-state index is -0.570. The summed E-state index contributed by atoms with van der Waals surface area (Å²) in [5, 5.41) is 8.99. The second-order valence-electron chi connectivity index (χ2n) is 4.51. The maximum absolute atomic E-state index is 13.8. The highest BCUT2D eigenvalue weighted by Crippen LogP contribution is 2.26. The van der Waals surface area contributed by atoms with Gasteiger partial charge in [0.1, 0.15) is 6.10 Å². The largest absolute Gasteiger partial charge is 0.472 e. The zero-order valence-electron chi connectivity index (χ0n) is 10.4. The van der Waals surface area contributed by atoms with Crippen molar-refractivity contribution in [2.75, 3.05) is 7.11 Å². The Kier molecular flexibility index (Phi) is 4.49. The van der Waals surface area contributed by atoms with Crippen molar-refractivity contribution in [2.45, 2.75) is 44.5 Å². The molecule has 2 atom stereocenters. The molecule has 1 N–H and O–H groups in total. The van der Waals surface area contributed by atoms with Gasteiger partial charge in [-0.3, -0.25) is 0 Å². The topological polar surface area (TPSA) is 51.6 Å². The van der Waals surface area contributed by atoms with Gasteiger partial charge in [-0.1, -0.05) is 0 Å². The van der Waals surface area contributed by atoms with E-state index >= 15 is 0 Å². The average molecular weight is 255 g/mol. The van der Waals surface area contributed by atoms with E-state index in [2.05, 4.69) is 4.98 Å². The molecule has 0 saturated heterocycles. The van der Waals surface area contributed by atoms with Crippen molar-refractivity contribution in [2.24, 2.45) is 0 Å². The van der Waals surface area contributed by atoms with Crippen molar-refractivity contribution in [3.05, 3.63) is 23.6 Å². The smallest absolute Gasteiger partial charge is 0.251 e. The zero-order valence-corrected chi connectivity index (χ0v) is 10.4. The van der Waals surface area contributed by atoms with Crippen LogP contribution in [-0.2, 0) is 11.3 Å². The number of pyridine rings is 1. The number of ether oxygens (including phenoxy) is 2. The highest BCUT2D eigenvalue weighted by atomic mass is 19.1. The Morgan fingerprint density at radius 3 is 2.94 bits per heavy atom. The SMILES string of the molecule is COC1CCCC(Oc2nccc(CO)c2F)C1. The Bertz CT molecular complexity index is 400. The quantitative estimate of drug-likeness (QED) is 0.894. The number of hydrogen-bond acceptors (Lipinski definition) is 4. The third-order valence-corrected chi connectivity index (χ3v) is 3.30. The van der Waals surface area contributed by atoms with E-state index < -0.39 is 5.82 Å². The van der Waals surface area contributed by atoms with Gasteiger partial charge in [0.2, 0.25) is 0 Å². The van der Waals surface area contributed by atoms with E-state index in [4.69, 9.17) is 14.6 Å². The number of aromatic nitrogens is 1. The lowest BCUT2D eigenvalue weighted by Gasteiger charge is -2.28. The fourth-order valence-corrected chi connectivity index (χ4v) is 2.25. The molecule has 1 aromatic heterocycles. The summed E-state index contributed by atoms with van der Waals surface area (Å²) in [6, 6.07) is 1.45. The van der Waals surface area contributed by atoms with E-state index in [1.54, 1.807) is 7.11 Å². The van der Waals surface area contributed by atoms with Gasteiger partial charge in [0, 0.05) is 25.3 Å². The summed E-state index contributed by atoms with van der Waals surface area (Å²) >= 11 is 0. The molecule has 1 saturated carbocycles. The molecule has 1 fully saturated rings. The van der Waals surface area contributed by atoms with Crippen molar-refractivity contribution in [3.63, 3.8) is 0 Å². The fourth-order valence-electron chi connectivity index (χ4n) is 2.25. The van der Waals surface area contributed by atoms with Crippen LogP contribution in [0.5, 0.6) is 5.88 Å². The Labute approximate surface area is 106 Å². The molecule has 1 aliphatic rings. The predicted molar refractivity (Wildman–Crippen MR) is 63.8 cm³/mol. The van der Waals surface area contributed by atoms with Crippen LogP contribution in [0.25, 0.3) is 0 Å². The first-order chi connectivity index (χ1) is 8.74. The summed E-state index contributed by atoms with van der Waals surface area (Å²) in [5.74, 6) is -0.595. The molecule has 1 heterocycles. The molecule has 18 heavy (non-hydrogen) atoms. The molecule has 1 aliphatic carbocycles. The molecule has 5 heteroatoms. The van der Waals surface area contributed by atoms with E-state index in [1.807, 2.05) is 0 Å². The summed E-state index contributed by atoms with van der Waals surface area (Å²) in [6.07, 6.45) is 5.20. The van der Waals surface area contributed by atoms with Crippen molar-refractivity contribution < 1.29 is 19.0 Å². The monoisotopic (exact) mass is 255 g/mol. The van der Waals surface area contributed by atoms with E-state index in [0.717, 1.165) is 25.7 Å². The minimum Gasteiger partial charge on any atom is -0.472 e. The normalized spacial score (nSPS) is 23.9. The van der Waals surface area contributed by atoms with Crippen LogP contribution >= 0.6 is 0 Å². The molecule has 1 aromatic rings. The van der Waals surface area contributed by atoms with Gasteiger partial charge in [-0.25, -0.2) is 9.37 Å². The Morgan fingerprint density at radius 2 is 2.22 bits per heavy atom. The predicted octanol–water partition coefficient (Wildman–Crippen LogP) is 2.05. The van der Waals surface area contributed by atoms with Crippen LogP contribution in [0.1, 0.15) is 31.2 Å². The standard InChI is InChI=1S/C13H18FNO3/c1-17-10-3-2-4-11(7-10)18-13-12(14)9(8-16)5-6-15-13/h5-6,10-11,16H,2-4,7-8H2,1H3. The van der Waals surface area contributed by atoms with Crippen molar-refractivity contribution >= 4 is 0 Å². The molecule has 0 amide bonds. The molecule has 0 aliphatic heterocycles. The van der Waals surface area contributed by atoms with E-state index in [1.165, 1.54) is 12.3 Å². The van der Waals surface area contributed by atoms with Gasteiger partial charge in [-0.2, -0.15) is 0 Å². The molecular weight excluding hydrogens is 237 g/mol. The van der Waals surface area contributed by atoms with Crippen LogP contribution < -0.4 is 4.74 Å². The first kappa shape index (κ1) is 13.2. The van der Waals surface area contributed by atoms with Crippen molar-refractivity contribution in [1.29, 1.82) is 0 Å². The number of nitrogens with zero attached hydrogens (tertiary/aromatic N) is 1. The first-order valence-electron chi connectivity index (χ1n) is 6.18. The van der Waals surface area contributed by atoms with Crippen molar-refractivity contribution in [1.82, 2.24) is 4.98 Å². The van der Waals surface area contributed by atoms with Crippen LogP contribution in [0.4, 0.5) is 4.39 Å². The lowest BCUT2D eigenvalue weighted by atomic mass is 9.95. The fraction of sp³-hybridized carbons (Fsp3) is 0.615. The molecule has 2 rings (SSSR count). The van der Waals surface area contributed by atoms with Gasteiger partial charge >= 0.3 is 0 Å². The molecule has 2 unspecified atom stereocenters. The Morgan fingerprint density at radius 1 is 1.44 bits per heavy atom. The number of hydrogen-bond donors (Lipinski definition) is 1. The molecular formula is C13H18FNO3. The summed E-state index contributed by atoms with van der Waals surface area (Å²) in [5.41, 5.74) is 0.208. The third-order valence-electron chi connectivity index (χ3n) is 3.30. The minimum absolute atomic E-state index is 0.0247. The second kappa shape index (κ2) is 6.11. The van der Waals surface area contributed by atoms with Crippen molar-refractivity contribution in [3.8, 4) is 5.88 Å². The number of aliphatic hydroxyl groups is 1. The van der Waals surface area contributed by atoms with Gasteiger partial charge in [0.05, 0.1) is 12.7 Å². The summed E-state index contributed by atoms with van der Waals surface area (Å²) in [7, 11) is 1.68. The zero-order chi connectivity index (χ0) is 13.0. The van der Waals surface area contributed by atoms with Gasteiger partial charge in [0.25, 0.3) is 5.88 Å². The number of aliphatic hydroxyl groups excluding tert-OH is 1. The average Bonchev–Trinajstić information content (AvgIpc) is 2.41. The number of rotatable bonds is 4. The lowest BCUT2D eigenvalue weighted by Crippen LogP contribution is -2.30. The lowest BCUT2D eigenvalue weighted by molar-refractivity contribution is 0.0180. The summed E-state index contributed by atoms with van der Waals surface area (Å²) < 4.78 is 24.7. The van der Waals surface area contributed by atoms with Crippen LogP contribution in [0.2, 0.25) is 0 Å². The number of methoxy groups -OCH3 is 1. The van der Waals surface area contributed by atoms with Crippen LogP contribution in [-0.4, -0.2) is 29.4 Å². The van der Waals surface area contributed by atoms with Gasteiger partial charge < -0.3 is 14.6 Å². The molecule has 100 valence electrons. The molecule has 0 aromatic carbocycles. The maximum atomic E-state index is 13.8. The molecule has 0 radical (unpaired) electrons. The van der Waals surface area contributed by atoms with Crippen LogP contribution in [0.3, 0.4) is 0 Å². The molecule has 4 nitrogen and oxygen atoms in total.